The largest absolute Gasteiger partial charge is 0.480 e. The van der Waals surface area contributed by atoms with Crippen LogP contribution in [-0.4, -0.2) is 109 Å². The lowest BCUT2D eigenvalue weighted by Crippen LogP contribution is -2.53. The lowest BCUT2D eigenvalue weighted by molar-refractivity contribution is -0.146. The van der Waals surface area contributed by atoms with Crippen molar-refractivity contribution in [3.05, 3.63) is 23.4 Å². The number of carbonyl (C=O) groups excluding carboxylic acids is 3. The zero-order valence-corrected chi connectivity index (χ0v) is 26.6. The first-order valence-corrected chi connectivity index (χ1v) is 16.9. The summed E-state index contributed by atoms with van der Waals surface area (Å²) in [5.74, 6) is -2.13. The van der Waals surface area contributed by atoms with Crippen molar-refractivity contribution in [3.8, 4) is 0 Å². The highest BCUT2D eigenvalue weighted by atomic mass is 16.5. The average molecular weight is 627 g/mol. The Morgan fingerprint density at radius 3 is 2.62 bits per heavy atom. The first kappa shape index (κ1) is 33.1. The van der Waals surface area contributed by atoms with Gasteiger partial charge in [0.05, 0.1) is 12.0 Å². The highest BCUT2D eigenvalue weighted by Gasteiger charge is 2.40. The number of carboxylic acid groups (broad SMARTS) is 1. The van der Waals surface area contributed by atoms with Gasteiger partial charge in [0, 0.05) is 57.4 Å². The van der Waals surface area contributed by atoms with Crippen LogP contribution in [0.5, 0.6) is 0 Å². The number of carboxylic acids is 1. The normalized spacial score (nSPS) is 25.9. The van der Waals surface area contributed by atoms with Gasteiger partial charge in [-0.05, 0) is 82.5 Å². The summed E-state index contributed by atoms with van der Waals surface area (Å²) in [6.07, 6.45) is 9.30. The molecule has 4 aliphatic rings. The van der Waals surface area contributed by atoms with Gasteiger partial charge in [-0.1, -0.05) is 18.9 Å². The summed E-state index contributed by atoms with van der Waals surface area (Å²) in [5.41, 5.74) is 2.36. The van der Waals surface area contributed by atoms with Gasteiger partial charge in [-0.3, -0.25) is 14.4 Å². The van der Waals surface area contributed by atoms with E-state index in [4.69, 9.17) is 9.72 Å². The Labute approximate surface area is 266 Å². The Balaban J connectivity index is 1.07. The lowest BCUT2D eigenvalue weighted by Gasteiger charge is -2.33. The number of nitrogens with one attached hydrogen (secondary N) is 3. The van der Waals surface area contributed by atoms with E-state index in [2.05, 4.69) is 33.0 Å². The molecule has 3 amide bonds. The first-order chi connectivity index (χ1) is 21.8. The Morgan fingerprint density at radius 2 is 1.84 bits per heavy atom. The molecule has 3 fully saturated rings. The van der Waals surface area contributed by atoms with Crippen LogP contribution in [-0.2, 0) is 36.8 Å². The zero-order chi connectivity index (χ0) is 31.8. The molecule has 5 rings (SSSR count). The molecule has 3 aliphatic heterocycles. The summed E-state index contributed by atoms with van der Waals surface area (Å²) >= 11 is 0. The van der Waals surface area contributed by atoms with E-state index in [-0.39, 0.29) is 30.4 Å². The van der Waals surface area contributed by atoms with Crippen molar-refractivity contribution in [3.63, 3.8) is 0 Å². The van der Waals surface area contributed by atoms with Crippen molar-refractivity contribution >= 4 is 29.5 Å². The van der Waals surface area contributed by atoms with Gasteiger partial charge in [-0.2, -0.15) is 0 Å². The number of nitrogens with zero attached hydrogens (tertiary/aromatic N) is 3. The minimum Gasteiger partial charge on any atom is -0.480 e. The van der Waals surface area contributed by atoms with Gasteiger partial charge in [0.1, 0.15) is 11.9 Å². The second-order valence-corrected chi connectivity index (χ2v) is 13.2. The number of aliphatic carboxylic acids is 1. The van der Waals surface area contributed by atoms with E-state index in [1.807, 2.05) is 0 Å². The zero-order valence-electron chi connectivity index (χ0n) is 26.6. The Hall–Kier alpha value is -3.25. The van der Waals surface area contributed by atoms with E-state index < -0.39 is 29.8 Å². The van der Waals surface area contributed by atoms with E-state index in [0.717, 1.165) is 88.9 Å². The number of anilines is 1. The molecule has 4 N–H and O–H groups in total. The van der Waals surface area contributed by atoms with Crippen molar-refractivity contribution in [2.45, 2.75) is 82.8 Å². The molecule has 1 aromatic rings. The molecule has 0 bridgehead atoms. The third-order valence-electron chi connectivity index (χ3n) is 10.0. The molecule has 0 radical (unpaired) electrons. The van der Waals surface area contributed by atoms with Gasteiger partial charge < -0.3 is 35.6 Å². The fourth-order valence-electron chi connectivity index (χ4n) is 7.39. The van der Waals surface area contributed by atoms with Gasteiger partial charge >= 0.3 is 5.97 Å². The number of carbonyl (C=O) groups is 4. The molecular weight excluding hydrogens is 576 g/mol. The number of aryl methyl sites for hydroxylation is 2. The summed E-state index contributed by atoms with van der Waals surface area (Å²) in [5, 5.41) is 18.7. The quantitative estimate of drug-likeness (QED) is 0.272. The number of aromatic nitrogens is 1. The molecule has 1 aromatic heterocycles. The summed E-state index contributed by atoms with van der Waals surface area (Å²) in [6, 6.07) is 3.03. The molecule has 1 aliphatic carbocycles. The predicted molar refractivity (Wildman–Crippen MR) is 169 cm³/mol. The molecule has 12 heteroatoms. The fourth-order valence-corrected chi connectivity index (χ4v) is 7.39. The SMILES string of the molecule is CO[C@H]1CCN(C(=O)[C@@H]2CCCC[C@H]2C(=O)NC(CNC(=O)[C@@H]2CCCN(CCCc3ccc4c(n3)NCCC4)C2)C(=O)O)C1. The summed E-state index contributed by atoms with van der Waals surface area (Å²) < 4.78 is 5.40. The smallest absolute Gasteiger partial charge is 0.328 e. The number of ether oxygens (including phenoxy) is 1. The molecule has 0 spiro atoms. The van der Waals surface area contributed by atoms with Crippen molar-refractivity contribution in [1.29, 1.82) is 0 Å². The van der Waals surface area contributed by atoms with Gasteiger partial charge in [-0.15, -0.1) is 0 Å². The third-order valence-corrected chi connectivity index (χ3v) is 10.0. The topological polar surface area (TPSA) is 153 Å². The summed E-state index contributed by atoms with van der Waals surface area (Å²) in [4.78, 5) is 60.7. The summed E-state index contributed by atoms with van der Waals surface area (Å²) in [7, 11) is 1.64. The van der Waals surface area contributed by atoms with Gasteiger partial charge in [0.25, 0.3) is 0 Å². The predicted octanol–water partition coefficient (Wildman–Crippen LogP) is 1.82. The Bertz CT molecular complexity index is 1210. The Kier molecular flexibility index (Phi) is 11.7. The number of fused-ring (bicyclic) bond motifs is 1. The van der Waals surface area contributed by atoms with Crippen LogP contribution in [0.1, 0.15) is 69.0 Å². The van der Waals surface area contributed by atoms with E-state index >= 15 is 0 Å². The Morgan fingerprint density at radius 1 is 1.02 bits per heavy atom. The van der Waals surface area contributed by atoms with Gasteiger partial charge in [-0.25, -0.2) is 9.78 Å². The maximum absolute atomic E-state index is 13.3. The van der Waals surface area contributed by atoms with Crippen molar-refractivity contribution in [1.82, 2.24) is 25.4 Å². The monoisotopic (exact) mass is 626 g/mol. The van der Waals surface area contributed by atoms with Crippen LogP contribution in [0.4, 0.5) is 5.82 Å². The van der Waals surface area contributed by atoms with Gasteiger partial charge in [0.15, 0.2) is 0 Å². The van der Waals surface area contributed by atoms with Crippen LogP contribution in [0, 0.1) is 17.8 Å². The molecular formula is C33H50N6O6. The van der Waals surface area contributed by atoms with Crippen LogP contribution < -0.4 is 16.0 Å². The second kappa shape index (κ2) is 15.8. The van der Waals surface area contributed by atoms with E-state index in [1.165, 1.54) is 5.56 Å². The molecule has 12 nitrogen and oxygen atoms in total. The standard InChI is InChI=1S/C33H50N6O6/c1-45-25-14-18-39(21-25)32(42)27-11-3-2-10-26(27)31(41)37-28(33(43)44)19-35-30(40)23-8-5-16-38(20-23)17-6-9-24-13-12-22-7-4-15-34-29(22)36-24/h12-13,23,25-28H,2-11,14-21H2,1H3,(H,34,36)(H,35,40)(H,37,41)(H,43,44)/t23-,25+,26-,27-,28?/m1/s1. The highest BCUT2D eigenvalue weighted by molar-refractivity contribution is 5.90. The van der Waals surface area contributed by atoms with Gasteiger partial charge in [0.2, 0.25) is 17.7 Å². The number of piperidine rings is 1. The average Bonchev–Trinajstić information content (AvgIpc) is 3.55. The number of rotatable bonds is 12. The number of methoxy groups -OCH3 is 1. The highest BCUT2D eigenvalue weighted by Crippen LogP contribution is 2.33. The lowest BCUT2D eigenvalue weighted by atomic mass is 9.77. The van der Waals surface area contributed by atoms with Crippen LogP contribution >= 0.6 is 0 Å². The third kappa shape index (κ3) is 8.72. The second-order valence-electron chi connectivity index (χ2n) is 13.2. The summed E-state index contributed by atoms with van der Waals surface area (Å²) in [6.45, 7) is 4.33. The number of likely N-dealkylation sites (tertiary alicyclic amines) is 2. The van der Waals surface area contributed by atoms with E-state index in [1.54, 1.807) is 12.0 Å². The molecule has 1 saturated carbocycles. The maximum Gasteiger partial charge on any atom is 0.328 e. The first-order valence-electron chi connectivity index (χ1n) is 16.9. The minimum atomic E-state index is -1.26. The van der Waals surface area contributed by atoms with Crippen molar-refractivity contribution < 1.29 is 29.0 Å². The fraction of sp³-hybridized carbons (Fsp3) is 0.727. The van der Waals surface area contributed by atoms with E-state index in [0.29, 0.717) is 32.5 Å². The molecule has 45 heavy (non-hydrogen) atoms. The molecule has 248 valence electrons. The minimum absolute atomic E-state index is 0.00983. The van der Waals surface area contributed by atoms with Crippen LogP contribution in [0.2, 0.25) is 0 Å². The van der Waals surface area contributed by atoms with Crippen LogP contribution in [0.15, 0.2) is 12.1 Å². The maximum atomic E-state index is 13.3. The number of hydrogen-bond acceptors (Lipinski definition) is 8. The van der Waals surface area contributed by atoms with Crippen molar-refractivity contribution in [2.75, 3.05) is 58.2 Å². The number of amides is 3. The molecule has 0 aromatic carbocycles. The number of hydrogen-bond donors (Lipinski definition) is 4. The van der Waals surface area contributed by atoms with E-state index in [9.17, 15) is 24.3 Å². The molecule has 1 unspecified atom stereocenters. The number of pyridine rings is 1. The molecule has 5 atom stereocenters. The van der Waals surface area contributed by atoms with Crippen LogP contribution in [0.25, 0.3) is 0 Å². The molecule has 4 heterocycles. The van der Waals surface area contributed by atoms with Crippen molar-refractivity contribution in [2.24, 2.45) is 17.8 Å². The van der Waals surface area contributed by atoms with Crippen LogP contribution in [0.3, 0.4) is 0 Å². The molecule has 2 saturated heterocycles.